The van der Waals surface area contributed by atoms with E-state index >= 15 is 0 Å². The fourth-order valence-electron chi connectivity index (χ4n) is 3.55. The van der Waals surface area contributed by atoms with Gasteiger partial charge in [-0.3, -0.25) is 4.57 Å². The Bertz CT molecular complexity index is 743. The van der Waals surface area contributed by atoms with Crippen LogP contribution in [0.5, 0.6) is 12.0 Å². The number of fused-ring (bicyclic) bond motifs is 1. The van der Waals surface area contributed by atoms with Gasteiger partial charge in [0, 0.05) is 19.8 Å². The lowest BCUT2D eigenvalue weighted by molar-refractivity contribution is 0.183. The summed E-state index contributed by atoms with van der Waals surface area (Å²) in [6, 6.07) is 0.807. The van der Waals surface area contributed by atoms with Crippen molar-refractivity contribution in [3.63, 3.8) is 0 Å². The number of hydrogen-bond donors (Lipinski definition) is 1. The van der Waals surface area contributed by atoms with Gasteiger partial charge in [-0.05, 0) is 38.5 Å². The minimum absolute atomic E-state index is 0.0405. The second kappa shape index (κ2) is 9.21. The van der Waals surface area contributed by atoms with Gasteiger partial charge in [-0.1, -0.05) is 19.8 Å². The van der Waals surface area contributed by atoms with Gasteiger partial charge in [-0.25, -0.2) is 0 Å². The van der Waals surface area contributed by atoms with Crippen molar-refractivity contribution >= 4 is 17.0 Å². The van der Waals surface area contributed by atoms with Crippen molar-refractivity contribution in [1.29, 1.82) is 0 Å². The number of aromatic nitrogens is 4. The number of rotatable bonds is 10. The average Bonchev–Trinajstić information content (AvgIpc) is 3.27. The summed E-state index contributed by atoms with van der Waals surface area (Å²) in [6.07, 6.45) is 6.54. The Hall–Kier alpha value is -2.09. The summed E-state index contributed by atoms with van der Waals surface area (Å²) in [4.78, 5) is 13.3. The fraction of sp³-hybridized carbons (Fsp3) is 0.737. The zero-order chi connectivity index (χ0) is 19.2. The molecule has 2 aromatic heterocycles. The summed E-state index contributed by atoms with van der Waals surface area (Å²) in [5.74, 6) is 1.02. The first-order valence-electron chi connectivity index (χ1n) is 9.94. The largest absolute Gasteiger partial charge is 0.468 e. The fourth-order valence-corrected chi connectivity index (χ4v) is 3.55. The summed E-state index contributed by atoms with van der Waals surface area (Å²) in [5.41, 5.74) is 7.34. The van der Waals surface area contributed by atoms with Gasteiger partial charge in [-0.2, -0.15) is 15.0 Å². The number of imidazole rings is 1. The molecule has 8 heteroatoms. The topological polar surface area (TPSA) is 97.3 Å². The number of nitrogen functional groups attached to an aromatic ring is 1. The molecule has 1 fully saturated rings. The number of nitrogens with zero attached hydrogens (tertiary/aromatic N) is 4. The highest BCUT2D eigenvalue weighted by Crippen LogP contribution is 2.27. The molecular formula is C19H31N5O3. The lowest BCUT2D eigenvalue weighted by Crippen LogP contribution is -2.14. The summed E-state index contributed by atoms with van der Waals surface area (Å²) in [6.45, 7) is 6.71. The quantitative estimate of drug-likeness (QED) is 0.635. The molecule has 0 aliphatic carbocycles. The van der Waals surface area contributed by atoms with Crippen LogP contribution >= 0.6 is 0 Å². The smallest absolute Gasteiger partial charge is 0.320 e. The Labute approximate surface area is 160 Å². The van der Waals surface area contributed by atoms with Crippen LogP contribution in [0.3, 0.4) is 0 Å². The molecule has 2 unspecified atom stereocenters. The lowest BCUT2D eigenvalue weighted by Gasteiger charge is -2.13. The second-order valence-corrected chi connectivity index (χ2v) is 7.26. The number of ether oxygens (including phenoxy) is 3. The van der Waals surface area contributed by atoms with E-state index in [9.17, 15) is 0 Å². The van der Waals surface area contributed by atoms with Crippen molar-refractivity contribution in [3.8, 4) is 12.0 Å². The average molecular weight is 377 g/mol. The third-order valence-corrected chi connectivity index (χ3v) is 5.02. The van der Waals surface area contributed by atoms with Crippen molar-refractivity contribution in [1.82, 2.24) is 19.5 Å². The van der Waals surface area contributed by atoms with Crippen LogP contribution in [0.25, 0.3) is 11.2 Å². The minimum Gasteiger partial charge on any atom is -0.468 e. The number of nitrogens with two attached hydrogens (primary N) is 1. The van der Waals surface area contributed by atoms with E-state index in [-0.39, 0.29) is 6.10 Å². The predicted octanol–water partition coefficient (Wildman–Crippen LogP) is 3.19. The molecule has 2 N–H and O–H groups in total. The standard InChI is InChI=1S/C19H31N5O3/c1-4-7-13(2)27-18-22-16(20)15-17(23-18)24(19(21-15)25-3)10-6-5-8-14-9-11-26-12-14/h13-14H,4-12H2,1-3H3,(H2,20,22,23). The highest BCUT2D eigenvalue weighted by molar-refractivity contribution is 5.83. The second-order valence-electron chi connectivity index (χ2n) is 7.26. The molecule has 8 nitrogen and oxygen atoms in total. The van der Waals surface area contributed by atoms with E-state index in [0.29, 0.717) is 34.9 Å². The molecule has 0 amide bonds. The van der Waals surface area contributed by atoms with Gasteiger partial charge >= 0.3 is 6.01 Å². The molecule has 1 aliphatic heterocycles. The van der Waals surface area contributed by atoms with Crippen LogP contribution in [0.2, 0.25) is 0 Å². The van der Waals surface area contributed by atoms with Crippen molar-refractivity contribution < 1.29 is 14.2 Å². The van der Waals surface area contributed by atoms with Crippen LogP contribution in [0.4, 0.5) is 5.82 Å². The third kappa shape index (κ3) is 4.80. The first-order valence-corrected chi connectivity index (χ1v) is 9.94. The monoisotopic (exact) mass is 377 g/mol. The first kappa shape index (κ1) is 19.7. The maximum absolute atomic E-state index is 6.10. The number of methoxy groups -OCH3 is 1. The zero-order valence-electron chi connectivity index (χ0n) is 16.6. The molecule has 1 aliphatic rings. The van der Waals surface area contributed by atoms with E-state index in [1.165, 1.54) is 12.8 Å². The van der Waals surface area contributed by atoms with Crippen LogP contribution in [-0.2, 0) is 11.3 Å². The van der Waals surface area contributed by atoms with Crippen molar-refractivity contribution in [2.75, 3.05) is 26.1 Å². The summed E-state index contributed by atoms with van der Waals surface area (Å²) in [7, 11) is 1.61. The summed E-state index contributed by atoms with van der Waals surface area (Å²) >= 11 is 0. The first-order chi connectivity index (χ1) is 13.1. The van der Waals surface area contributed by atoms with Gasteiger partial charge < -0.3 is 19.9 Å². The number of hydrogen-bond acceptors (Lipinski definition) is 7. The molecule has 27 heavy (non-hydrogen) atoms. The number of aryl methyl sites for hydroxylation is 1. The molecule has 0 spiro atoms. The maximum atomic E-state index is 6.10. The van der Waals surface area contributed by atoms with Crippen molar-refractivity contribution in [3.05, 3.63) is 0 Å². The molecule has 0 radical (unpaired) electrons. The zero-order valence-corrected chi connectivity index (χ0v) is 16.6. The Balaban J connectivity index is 1.74. The Morgan fingerprint density at radius 1 is 1.30 bits per heavy atom. The molecule has 3 rings (SSSR count). The molecule has 2 atom stereocenters. The third-order valence-electron chi connectivity index (χ3n) is 5.02. The van der Waals surface area contributed by atoms with Gasteiger partial charge in [0.2, 0.25) is 0 Å². The van der Waals surface area contributed by atoms with Crippen LogP contribution in [-0.4, -0.2) is 45.9 Å². The lowest BCUT2D eigenvalue weighted by atomic mass is 10.0. The summed E-state index contributed by atoms with van der Waals surface area (Å²) < 4.78 is 18.7. The maximum Gasteiger partial charge on any atom is 0.320 e. The molecule has 3 heterocycles. The highest BCUT2D eigenvalue weighted by atomic mass is 16.5. The Morgan fingerprint density at radius 3 is 2.85 bits per heavy atom. The van der Waals surface area contributed by atoms with Crippen molar-refractivity contribution in [2.45, 2.75) is 65.0 Å². The van der Waals surface area contributed by atoms with Gasteiger partial charge in [0.15, 0.2) is 17.0 Å². The van der Waals surface area contributed by atoms with Gasteiger partial charge in [0.1, 0.15) is 0 Å². The molecule has 0 aromatic carbocycles. The van der Waals surface area contributed by atoms with Crippen LogP contribution < -0.4 is 15.2 Å². The van der Waals surface area contributed by atoms with Crippen LogP contribution in [0.1, 0.15) is 52.4 Å². The Morgan fingerprint density at radius 2 is 2.15 bits per heavy atom. The predicted molar refractivity (Wildman–Crippen MR) is 104 cm³/mol. The molecule has 0 bridgehead atoms. The van der Waals surface area contributed by atoms with Gasteiger partial charge in [0.05, 0.1) is 13.2 Å². The molecule has 2 aromatic rings. The number of unbranched alkanes of at least 4 members (excludes halogenated alkanes) is 1. The molecular weight excluding hydrogens is 346 g/mol. The van der Waals surface area contributed by atoms with E-state index in [1.807, 2.05) is 11.5 Å². The number of anilines is 1. The van der Waals surface area contributed by atoms with Gasteiger partial charge in [-0.15, -0.1) is 0 Å². The van der Waals surface area contributed by atoms with Gasteiger partial charge in [0.25, 0.3) is 6.01 Å². The molecule has 150 valence electrons. The highest BCUT2D eigenvalue weighted by Gasteiger charge is 2.19. The van der Waals surface area contributed by atoms with E-state index in [2.05, 4.69) is 21.9 Å². The van der Waals surface area contributed by atoms with Crippen LogP contribution in [0.15, 0.2) is 0 Å². The van der Waals surface area contributed by atoms with E-state index in [1.54, 1.807) is 7.11 Å². The van der Waals surface area contributed by atoms with Crippen LogP contribution in [0, 0.1) is 5.92 Å². The summed E-state index contributed by atoms with van der Waals surface area (Å²) in [5, 5.41) is 0. The minimum atomic E-state index is 0.0405. The SMILES string of the molecule is CCCC(C)Oc1nc(N)c2nc(OC)n(CCCCC3CCOC3)c2n1. The molecule has 0 saturated carbocycles. The molecule has 1 saturated heterocycles. The normalized spacial score (nSPS) is 18.1. The van der Waals surface area contributed by atoms with Crippen molar-refractivity contribution in [2.24, 2.45) is 5.92 Å². The van der Waals surface area contributed by atoms with E-state index < -0.39 is 0 Å². The van der Waals surface area contributed by atoms with E-state index in [0.717, 1.165) is 45.4 Å². The Kier molecular flexibility index (Phi) is 6.71. The van der Waals surface area contributed by atoms with E-state index in [4.69, 9.17) is 19.9 Å².